The number of fused-ring (bicyclic) bond motifs is 1. The predicted octanol–water partition coefficient (Wildman–Crippen LogP) is 2.18. The molecule has 0 unspecified atom stereocenters. The Bertz CT molecular complexity index is 767. The lowest BCUT2D eigenvalue weighted by Crippen LogP contribution is -2.17. The number of rotatable bonds is 5. The number of nitrogens with zero attached hydrogens (tertiary/aromatic N) is 3. The maximum atomic E-state index is 5.81. The van der Waals surface area contributed by atoms with Crippen LogP contribution in [0.2, 0.25) is 0 Å². The van der Waals surface area contributed by atoms with Gasteiger partial charge in [0.05, 0.1) is 17.6 Å². The van der Waals surface area contributed by atoms with Crippen LogP contribution in [-0.4, -0.2) is 26.3 Å². The average Bonchev–Trinajstić information content (AvgIpc) is 2.99. The van der Waals surface area contributed by atoms with Gasteiger partial charge in [-0.1, -0.05) is 30.4 Å². The lowest BCUT2D eigenvalue weighted by Gasteiger charge is -2.12. The van der Waals surface area contributed by atoms with Crippen molar-refractivity contribution >= 4 is 33.9 Å². The van der Waals surface area contributed by atoms with Gasteiger partial charge < -0.3 is 11.1 Å². The summed E-state index contributed by atoms with van der Waals surface area (Å²) in [4.78, 5) is 4.95. The van der Waals surface area contributed by atoms with Crippen LogP contribution in [0, 0.1) is 0 Å². The first-order valence-electron chi connectivity index (χ1n) is 6.65. The first-order valence-corrected chi connectivity index (χ1v) is 7.06. The van der Waals surface area contributed by atoms with Crippen LogP contribution < -0.4 is 11.1 Å². The number of benzene rings is 1. The van der Waals surface area contributed by atoms with E-state index in [0.717, 1.165) is 23.0 Å². The van der Waals surface area contributed by atoms with Gasteiger partial charge in [-0.3, -0.25) is 4.68 Å². The van der Waals surface area contributed by atoms with Crippen molar-refractivity contribution in [2.24, 2.45) is 5.73 Å². The average molecular weight is 297 g/mol. The second-order valence-electron chi connectivity index (χ2n) is 4.64. The van der Waals surface area contributed by atoms with Gasteiger partial charge in [-0.05, 0) is 18.2 Å². The van der Waals surface area contributed by atoms with E-state index in [1.807, 2.05) is 47.3 Å². The minimum Gasteiger partial charge on any atom is -0.389 e. The van der Waals surface area contributed by atoms with Crippen molar-refractivity contribution < 1.29 is 0 Å². The van der Waals surface area contributed by atoms with E-state index in [1.165, 1.54) is 0 Å². The molecule has 3 aromatic rings. The highest BCUT2D eigenvalue weighted by atomic mass is 32.1. The molecule has 0 fully saturated rings. The molecular weight excluding hydrogens is 282 g/mol. The maximum absolute atomic E-state index is 5.81. The van der Waals surface area contributed by atoms with Gasteiger partial charge in [0.1, 0.15) is 10.8 Å². The highest BCUT2D eigenvalue weighted by Crippen LogP contribution is 2.20. The fourth-order valence-corrected chi connectivity index (χ4v) is 2.32. The zero-order valence-electron chi connectivity index (χ0n) is 11.4. The lowest BCUT2D eigenvalue weighted by atomic mass is 10.1. The highest BCUT2D eigenvalue weighted by Gasteiger charge is 2.08. The molecule has 3 N–H and O–H groups in total. The van der Waals surface area contributed by atoms with Crippen molar-refractivity contribution in [1.29, 1.82) is 0 Å². The molecular formula is C15H15N5S. The summed E-state index contributed by atoms with van der Waals surface area (Å²) in [5.74, 6) is 0.716. The Kier molecular flexibility index (Phi) is 3.79. The summed E-state index contributed by atoms with van der Waals surface area (Å²) in [5, 5.41) is 8.47. The van der Waals surface area contributed by atoms with E-state index in [0.29, 0.717) is 17.4 Å². The number of anilines is 1. The summed E-state index contributed by atoms with van der Waals surface area (Å²) in [7, 11) is 0. The van der Waals surface area contributed by atoms with Crippen LogP contribution in [0.5, 0.6) is 0 Å². The summed E-state index contributed by atoms with van der Waals surface area (Å²) >= 11 is 5.12. The lowest BCUT2D eigenvalue weighted by molar-refractivity contribution is 0.637. The molecule has 5 nitrogen and oxygen atoms in total. The van der Waals surface area contributed by atoms with Crippen molar-refractivity contribution in [2.75, 3.05) is 11.9 Å². The van der Waals surface area contributed by atoms with E-state index in [1.54, 1.807) is 6.20 Å². The van der Waals surface area contributed by atoms with E-state index < -0.39 is 0 Å². The minimum absolute atomic E-state index is 0.342. The highest BCUT2D eigenvalue weighted by molar-refractivity contribution is 7.80. The Labute approximate surface area is 127 Å². The van der Waals surface area contributed by atoms with Gasteiger partial charge in [-0.2, -0.15) is 5.10 Å². The summed E-state index contributed by atoms with van der Waals surface area (Å²) in [6.07, 6.45) is 3.68. The van der Waals surface area contributed by atoms with E-state index in [2.05, 4.69) is 15.4 Å². The van der Waals surface area contributed by atoms with Gasteiger partial charge in [-0.15, -0.1) is 0 Å². The molecule has 2 heterocycles. The van der Waals surface area contributed by atoms with Gasteiger partial charge >= 0.3 is 0 Å². The number of hydrogen-bond acceptors (Lipinski definition) is 4. The molecule has 0 saturated heterocycles. The molecule has 0 amide bonds. The van der Waals surface area contributed by atoms with E-state index >= 15 is 0 Å². The van der Waals surface area contributed by atoms with Crippen LogP contribution in [0.15, 0.2) is 48.8 Å². The van der Waals surface area contributed by atoms with Crippen molar-refractivity contribution in [3.05, 3.63) is 54.4 Å². The summed E-state index contributed by atoms with van der Waals surface area (Å²) in [6, 6.07) is 11.8. The van der Waals surface area contributed by atoms with Crippen LogP contribution in [0.1, 0.15) is 5.56 Å². The molecule has 0 atom stereocenters. The number of pyridine rings is 1. The summed E-state index contributed by atoms with van der Waals surface area (Å²) < 4.78 is 1.86. The minimum atomic E-state index is 0.342. The third-order valence-electron chi connectivity index (χ3n) is 3.18. The number of thiocarbonyl (C=S) groups is 1. The molecule has 0 aliphatic heterocycles. The van der Waals surface area contributed by atoms with Crippen molar-refractivity contribution in [2.45, 2.75) is 6.54 Å². The molecule has 106 valence electrons. The quantitative estimate of drug-likeness (QED) is 0.706. The number of para-hydroxylation sites is 1. The van der Waals surface area contributed by atoms with Crippen LogP contribution in [-0.2, 0) is 6.54 Å². The SMILES string of the molecule is NC(=S)c1cc2ccccc2nc1NCCn1cccn1. The number of hydrogen-bond donors (Lipinski definition) is 2. The molecule has 1 aromatic carbocycles. The molecule has 0 spiro atoms. The normalized spacial score (nSPS) is 10.7. The van der Waals surface area contributed by atoms with E-state index in [4.69, 9.17) is 18.0 Å². The van der Waals surface area contributed by atoms with E-state index in [-0.39, 0.29) is 0 Å². The Balaban J connectivity index is 1.85. The zero-order chi connectivity index (χ0) is 14.7. The van der Waals surface area contributed by atoms with Gasteiger partial charge in [0, 0.05) is 24.3 Å². The van der Waals surface area contributed by atoms with Gasteiger partial charge in [-0.25, -0.2) is 4.98 Å². The second kappa shape index (κ2) is 5.88. The molecule has 21 heavy (non-hydrogen) atoms. The Morgan fingerprint density at radius 1 is 1.29 bits per heavy atom. The fourth-order valence-electron chi connectivity index (χ4n) is 2.16. The van der Waals surface area contributed by atoms with Crippen LogP contribution >= 0.6 is 12.2 Å². The van der Waals surface area contributed by atoms with Crippen molar-refractivity contribution in [3.63, 3.8) is 0 Å². The molecule has 0 aliphatic rings. The Morgan fingerprint density at radius 2 is 2.14 bits per heavy atom. The van der Waals surface area contributed by atoms with Crippen LogP contribution in [0.25, 0.3) is 10.9 Å². The molecule has 0 aliphatic carbocycles. The first kappa shape index (κ1) is 13.5. The van der Waals surface area contributed by atoms with E-state index in [9.17, 15) is 0 Å². The molecule has 3 rings (SSSR count). The summed E-state index contributed by atoms with van der Waals surface area (Å²) in [6.45, 7) is 1.45. The largest absolute Gasteiger partial charge is 0.389 e. The number of nitrogens with two attached hydrogens (primary N) is 1. The molecule has 0 saturated carbocycles. The fraction of sp³-hybridized carbons (Fsp3) is 0.133. The standard InChI is InChI=1S/C15H15N5S/c16-14(21)12-10-11-4-1-2-5-13(11)19-15(12)17-7-9-20-8-3-6-18-20/h1-6,8,10H,7,9H2,(H2,16,21)(H,17,19). The first-order chi connectivity index (χ1) is 10.2. The molecule has 0 bridgehead atoms. The topological polar surface area (TPSA) is 68.8 Å². The Morgan fingerprint density at radius 3 is 2.90 bits per heavy atom. The van der Waals surface area contributed by atoms with Crippen molar-refractivity contribution in [3.8, 4) is 0 Å². The molecule has 2 aromatic heterocycles. The molecule has 0 radical (unpaired) electrons. The zero-order valence-corrected chi connectivity index (χ0v) is 12.2. The predicted molar refractivity (Wildman–Crippen MR) is 88.3 cm³/mol. The summed E-state index contributed by atoms with van der Waals surface area (Å²) in [5.41, 5.74) is 7.49. The number of aromatic nitrogens is 3. The smallest absolute Gasteiger partial charge is 0.137 e. The monoisotopic (exact) mass is 297 g/mol. The second-order valence-corrected chi connectivity index (χ2v) is 5.08. The van der Waals surface area contributed by atoms with Gasteiger partial charge in [0.15, 0.2) is 0 Å². The van der Waals surface area contributed by atoms with Gasteiger partial charge in [0.2, 0.25) is 0 Å². The van der Waals surface area contributed by atoms with Crippen LogP contribution in [0.4, 0.5) is 5.82 Å². The van der Waals surface area contributed by atoms with Crippen molar-refractivity contribution in [1.82, 2.24) is 14.8 Å². The maximum Gasteiger partial charge on any atom is 0.137 e. The van der Waals surface area contributed by atoms with Crippen LogP contribution in [0.3, 0.4) is 0 Å². The molecule has 6 heteroatoms. The third kappa shape index (κ3) is 3.00. The number of nitrogens with one attached hydrogen (secondary N) is 1. The third-order valence-corrected chi connectivity index (χ3v) is 3.40. The van der Waals surface area contributed by atoms with Gasteiger partial charge in [0.25, 0.3) is 0 Å². The Hall–Kier alpha value is -2.47.